The number of ether oxygens (including phenoxy) is 1. The van der Waals surface area contributed by atoms with Crippen molar-refractivity contribution in [3.63, 3.8) is 0 Å². The molecule has 1 saturated carbocycles. The maximum absolute atomic E-state index is 5.81. The lowest BCUT2D eigenvalue weighted by Gasteiger charge is -2.08. The van der Waals surface area contributed by atoms with Crippen molar-refractivity contribution >= 4 is 5.82 Å². The van der Waals surface area contributed by atoms with E-state index in [4.69, 9.17) is 4.74 Å². The van der Waals surface area contributed by atoms with E-state index in [0.717, 1.165) is 29.4 Å². The minimum atomic E-state index is 0.415. The van der Waals surface area contributed by atoms with Gasteiger partial charge in [-0.05, 0) is 31.9 Å². The highest BCUT2D eigenvalue weighted by Crippen LogP contribution is 2.29. The summed E-state index contributed by atoms with van der Waals surface area (Å²) in [7, 11) is 0. The first-order valence-corrected chi connectivity index (χ1v) is 6.68. The van der Waals surface area contributed by atoms with Gasteiger partial charge in [0.1, 0.15) is 17.9 Å². The Labute approximate surface area is 112 Å². The van der Waals surface area contributed by atoms with Gasteiger partial charge in [0.15, 0.2) is 0 Å². The zero-order valence-electron chi connectivity index (χ0n) is 11.0. The average Bonchev–Trinajstić information content (AvgIpc) is 3.24. The van der Waals surface area contributed by atoms with Crippen LogP contribution in [0.5, 0.6) is 5.75 Å². The van der Waals surface area contributed by atoms with Crippen molar-refractivity contribution in [3.05, 3.63) is 36.7 Å². The maximum Gasteiger partial charge on any atom is 0.129 e. The molecule has 0 atom stereocenters. The number of hydrogen-bond acceptors (Lipinski definition) is 4. The van der Waals surface area contributed by atoms with Gasteiger partial charge in [-0.15, -0.1) is 0 Å². The molecule has 0 bridgehead atoms. The standard InChI is InChI=1S/C15H17N3O/c1-2-16-15-9-14(17-10-18-15)11-4-3-5-13(8-11)19-12-6-7-12/h3-5,8-10,12H,2,6-7H2,1H3,(H,16,17,18). The first-order valence-electron chi connectivity index (χ1n) is 6.68. The normalized spacial score (nSPS) is 14.2. The van der Waals surface area contributed by atoms with Gasteiger partial charge in [-0.1, -0.05) is 12.1 Å². The molecule has 1 aromatic carbocycles. The van der Waals surface area contributed by atoms with E-state index in [1.807, 2.05) is 37.3 Å². The molecule has 2 aromatic rings. The zero-order valence-corrected chi connectivity index (χ0v) is 11.0. The number of benzene rings is 1. The Morgan fingerprint density at radius 3 is 2.95 bits per heavy atom. The van der Waals surface area contributed by atoms with Crippen molar-refractivity contribution in [2.75, 3.05) is 11.9 Å². The Balaban J connectivity index is 1.85. The van der Waals surface area contributed by atoms with E-state index in [9.17, 15) is 0 Å². The lowest BCUT2D eigenvalue weighted by Crippen LogP contribution is -2.00. The lowest BCUT2D eigenvalue weighted by atomic mass is 10.1. The number of rotatable bonds is 5. The van der Waals surface area contributed by atoms with E-state index in [1.165, 1.54) is 12.8 Å². The van der Waals surface area contributed by atoms with E-state index >= 15 is 0 Å². The second-order valence-electron chi connectivity index (χ2n) is 4.66. The SMILES string of the molecule is CCNc1cc(-c2cccc(OC3CC3)c2)ncn1. The summed E-state index contributed by atoms with van der Waals surface area (Å²) in [5, 5.41) is 3.19. The van der Waals surface area contributed by atoms with E-state index in [1.54, 1.807) is 6.33 Å². The molecule has 19 heavy (non-hydrogen) atoms. The van der Waals surface area contributed by atoms with Crippen LogP contribution in [0.3, 0.4) is 0 Å². The van der Waals surface area contributed by atoms with Crippen molar-refractivity contribution in [1.82, 2.24) is 9.97 Å². The first kappa shape index (κ1) is 12.0. The molecule has 1 aliphatic carbocycles. The van der Waals surface area contributed by atoms with Gasteiger partial charge >= 0.3 is 0 Å². The molecular formula is C15H17N3O. The topological polar surface area (TPSA) is 47.0 Å². The van der Waals surface area contributed by atoms with Gasteiger partial charge in [0, 0.05) is 18.2 Å². The van der Waals surface area contributed by atoms with Crippen LogP contribution in [-0.2, 0) is 0 Å². The van der Waals surface area contributed by atoms with Gasteiger partial charge in [0.25, 0.3) is 0 Å². The van der Waals surface area contributed by atoms with Gasteiger partial charge in [-0.2, -0.15) is 0 Å². The Hall–Kier alpha value is -2.10. The van der Waals surface area contributed by atoms with Crippen LogP contribution in [0.1, 0.15) is 19.8 Å². The van der Waals surface area contributed by atoms with E-state index in [-0.39, 0.29) is 0 Å². The lowest BCUT2D eigenvalue weighted by molar-refractivity contribution is 0.303. The van der Waals surface area contributed by atoms with Crippen LogP contribution in [-0.4, -0.2) is 22.6 Å². The second kappa shape index (κ2) is 5.26. The van der Waals surface area contributed by atoms with E-state index < -0.39 is 0 Å². The third-order valence-corrected chi connectivity index (χ3v) is 2.98. The summed E-state index contributed by atoms with van der Waals surface area (Å²) in [6, 6.07) is 10.0. The highest BCUT2D eigenvalue weighted by molar-refractivity contribution is 5.63. The molecule has 0 aliphatic heterocycles. The van der Waals surface area contributed by atoms with E-state index in [0.29, 0.717) is 6.10 Å². The summed E-state index contributed by atoms with van der Waals surface area (Å²) in [5.74, 6) is 1.77. The fourth-order valence-electron chi connectivity index (χ4n) is 1.90. The largest absolute Gasteiger partial charge is 0.490 e. The van der Waals surface area contributed by atoms with E-state index in [2.05, 4.69) is 15.3 Å². The van der Waals surface area contributed by atoms with Crippen LogP contribution < -0.4 is 10.1 Å². The third-order valence-electron chi connectivity index (χ3n) is 2.98. The first-order chi connectivity index (χ1) is 9.35. The molecule has 98 valence electrons. The summed E-state index contributed by atoms with van der Waals surface area (Å²) in [5.41, 5.74) is 1.96. The van der Waals surface area contributed by atoms with Gasteiger partial charge < -0.3 is 10.1 Å². The van der Waals surface area contributed by atoms with Crippen molar-refractivity contribution in [3.8, 4) is 17.0 Å². The Bertz CT molecular complexity index is 567. The molecule has 4 nitrogen and oxygen atoms in total. The molecule has 3 rings (SSSR count). The van der Waals surface area contributed by atoms with Gasteiger partial charge in [-0.25, -0.2) is 9.97 Å². The fraction of sp³-hybridized carbons (Fsp3) is 0.333. The summed E-state index contributed by atoms with van der Waals surface area (Å²) < 4.78 is 5.81. The number of nitrogens with zero attached hydrogens (tertiary/aromatic N) is 2. The molecule has 0 spiro atoms. The molecule has 0 amide bonds. The highest BCUT2D eigenvalue weighted by Gasteiger charge is 2.23. The Morgan fingerprint density at radius 1 is 1.26 bits per heavy atom. The minimum absolute atomic E-state index is 0.415. The molecule has 0 saturated heterocycles. The third kappa shape index (κ3) is 3.02. The van der Waals surface area contributed by atoms with Crippen LogP contribution in [0.15, 0.2) is 36.7 Å². The van der Waals surface area contributed by atoms with Gasteiger partial charge in [0.05, 0.1) is 11.8 Å². The van der Waals surface area contributed by atoms with Gasteiger partial charge in [-0.3, -0.25) is 0 Å². The summed E-state index contributed by atoms with van der Waals surface area (Å²) in [4.78, 5) is 8.50. The van der Waals surface area contributed by atoms with Crippen LogP contribution in [0.2, 0.25) is 0 Å². The molecule has 1 N–H and O–H groups in total. The smallest absolute Gasteiger partial charge is 0.129 e. The van der Waals surface area contributed by atoms with Crippen molar-refractivity contribution in [2.45, 2.75) is 25.9 Å². The highest BCUT2D eigenvalue weighted by atomic mass is 16.5. The molecule has 1 heterocycles. The summed E-state index contributed by atoms with van der Waals surface area (Å²) in [6.45, 7) is 2.90. The number of anilines is 1. The maximum atomic E-state index is 5.81. The predicted molar refractivity (Wildman–Crippen MR) is 75.3 cm³/mol. The zero-order chi connectivity index (χ0) is 13.1. The molecule has 1 aromatic heterocycles. The monoisotopic (exact) mass is 255 g/mol. The van der Waals surface area contributed by atoms with Crippen LogP contribution in [0.25, 0.3) is 11.3 Å². The van der Waals surface area contributed by atoms with Crippen molar-refractivity contribution in [2.24, 2.45) is 0 Å². The van der Waals surface area contributed by atoms with Crippen molar-refractivity contribution in [1.29, 1.82) is 0 Å². The number of hydrogen-bond donors (Lipinski definition) is 1. The molecule has 0 unspecified atom stereocenters. The number of nitrogens with one attached hydrogen (secondary N) is 1. The Morgan fingerprint density at radius 2 is 2.16 bits per heavy atom. The van der Waals surface area contributed by atoms with Crippen LogP contribution in [0.4, 0.5) is 5.82 Å². The molecule has 1 fully saturated rings. The Kier molecular flexibility index (Phi) is 3.31. The predicted octanol–water partition coefficient (Wildman–Crippen LogP) is 3.12. The molecule has 4 heteroatoms. The molecular weight excluding hydrogens is 238 g/mol. The number of aromatic nitrogens is 2. The van der Waals surface area contributed by atoms with Crippen LogP contribution in [0, 0.1) is 0 Å². The fourth-order valence-corrected chi connectivity index (χ4v) is 1.90. The van der Waals surface area contributed by atoms with Gasteiger partial charge in [0.2, 0.25) is 0 Å². The molecule has 1 aliphatic rings. The summed E-state index contributed by atoms with van der Waals surface area (Å²) in [6.07, 6.45) is 4.34. The van der Waals surface area contributed by atoms with Crippen LogP contribution >= 0.6 is 0 Å². The van der Waals surface area contributed by atoms with Crippen molar-refractivity contribution < 1.29 is 4.74 Å². The average molecular weight is 255 g/mol. The summed E-state index contributed by atoms with van der Waals surface area (Å²) >= 11 is 0. The quantitative estimate of drug-likeness (QED) is 0.891. The minimum Gasteiger partial charge on any atom is -0.490 e. The second-order valence-corrected chi connectivity index (χ2v) is 4.66. The molecule has 0 radical (unpaired) electrons.